The van der Waals surface area contributed by atoms with Crippen LogP contribution in [0.15, 0.2) is 29.2 Å². The average Bonchev–Trinajstić information content (AvgIpc) is 2.41. The van der Waals surface area contributed by atoms with Crippen molar-refractivity contribution in [2.24, 2.45) is 5.14 Å². The summed E-state index contributed by atoms with van der Waals surface area (Å²) in [5.41, 5.74) is -0.0996. The van der Waals surface area contributed by atoms with Crippen molar-refractivity contribution in [2.75, 3.05) is 11.9 Å². The van der Waals surface area contributed by atoms with Gasteiger partial charge in [-0.15, -0.1) is 0 Å². The number of ether oxygens (including phenoxy) is 1. The lowest BCUT2D eigenvalue weighted by Gasteiger charge is -2.19. The Morgan fingerprint density at radius 2 is 1.75 bits per heavy atom. The molecular formula is C15H23N3O5S. The lowest BCUT2D eigenvalue weighted by atomic mass is 10.2. The monoisotopic (exact) mass is 357 g/mol. The van der Waals surface area contributed by atoms with Crippen molar-refractivity contribution in [3.05, 3.63) is 24.3 Å². The summed E-state index contributed by atoms with van der Waals surface area (Å²) in [6.45, 7) is 5.61. The van der Waals surface area contributed by atoms with Crippen LogP contribution in [0.2, 0.25) is 0 Å². The number of carbonyl (C=O) groups is 2. The molecule has 134 valence electrons. The van der Waals surface area contributed by atoms with Gasteiger partial charge in [-0.05, 0) is 51.5 Å². The van der Waals surface area contributed by atoms with Crippen molar-refractivity contribution in [1.29, 1.82) is 0 Å². The zero-order valence-electron chi connectivity index (χ0n) is 14.0. The molecule has 0 fully saturated rings. The second-order valence-electron chi connectivity index (χ2n) is 6.15. The molecule has 1 aromatic carbocycles. The molecule has 0 unspecified atom stereocenters. The highest BCUT2D eigenvalue weighted by molar-refractivity contribution is 7.89. The molecule has 4 N–H and O–H groups in total. The molecular weight excluding hydrogens is 334 g/mol. The van der Waals surface area contributed by atoms with Crippen molar-refractivity contribution in [3.63, 3.8) is 0 Å². The lowest BCUT2D eigenvalue weighted by Crippen LogP contribution is -2.33. The standard InChI is InChI=1S/C15H23N3O5S/c1-15(2,3)23-14(20)17-10-4-5-13(19)18-11-6-8-12(9-7-11)24(16,21)22/h6-9H,4-5,10H2,1-3H3,(H,17,20)(H,18,19)(H2,16,21,22). The van der Waals surface area contributed by atoms with Gasteiger partial charge in [-0.3, -0.25) is 4.79 Å². The first-order valence-corrected chi connectivity index (χ1v) is 8.91. The van der Waals surface area contributed by atoms with Crippen LogP contribution in [0.4, 0.5) is 10.5 Å². The minimum atomic E-state index is -3.75. The molecule has 9 heteroatoms. The number of alkyl carbamates (subject to hydrolysis) is 1. The molecule has 0 aliphatic rings. The Balaban J connectivity index is 2.33. The predicted molar refractivity (Wildman–Crippen MR) is 89.9 cm³/mol. The molecule has 2 amide bonds. The molecule has 8 nitrogen and oxygen atoms in total. The van der Waals surface area contributed by atoms with Gasteiger partial charge in [-0.25, -0.2) is 18.4 Å². The van der Waals surface area contributed by atoms with Crippen LogP contribution in [-0.4, -0.2) is 32.6 Å². The molecule has 0 aliphatic carbocycles. The summed E-state index contributed by atoms with van der Waals surface area (Å²) in [6, 6.07) is 5.54. The first-order valence-electron chi connectivity index (χ1n) is 7.37. The van der Waals surface area contributed by atoms with Crippen LogP contribution in [0.3, 0.4) is 0 Å². The van der Waals surface area contributed by atoms with Gasteiger partial charge in [0, 0.05) is 18.7 Å². The van der Waals surface area contributed by atoms with E-state index in [2.05, 4.69) is 10.6 Å². The molecule has 0 heterocycles. The third-order valence-electron chi connectivity index (χ3n) is 2.72. The van der Waals surface area contributed by atoms with Crippen LogP contribution < -0.4 is 15.8 Å². The second kappa shape index (κ2) is 8.11. The predicted octanol–water partition coefficient (Wildman–Crippen LogP) is 1.58. The van der Waals surface area contributed by atoms with Gasteiger partial charge >= 0.3 is 6.09 Å². The summed E-state index contributed by atoms with van der Waals surface area (Å²) in [5, 5.41) is 10.2. The Kier molecular flexibility index (Phi) is 6.73. The Hall–Kier alpha value is -2.13. The van der Waals surface area contributed by atoms with E-state index in [-0.39, 0.29) is 17.2 Å². The van der Waals surface area contributed by atoms with E-state index in [0.29, 0.717) is 18.7 Å². The lowest BCUT2D eigenvalue weighted by molar-refractivity contribution is -0.116. The number of primary sulfonamides is 1. The van der Waals surface area contributed by atoms with Gasteiger partial charge in [0.2, 0.25) is 15.9 Å². The fourth-order valence-corrected chi connectivity index (χ4v) is 2.22. The van der Waals surface area contributed by atoms with Crippen LogP contribution >= 0.6 is 0 Å². The molecule has 0 radical (unpaired) electrons. The molecule has 1 aromatic rings. The van der Waals surface area contributed by atoms with Crippen molar-refractivity contribution in [1.82, 2.24) is 5.32 Å². The van der Waals surface area contributed by atoms with Crippen LogP contribution in [-0.2, 0) is 19.6 Å². The van der Waals surface area contributed by atoms with Gasteiger partial charge < -0.3 is 15.4 Å². The summed E-state index contributed by atoms with van der Waals surface area (Å²) < 4.78 is 27.3. The van der Waals surface area contributed by atoms with E-state index in [1.54, 1.807) is 20.8 Å². The van der Waals surface area contributed by atoms with Crippen LogP contribution in [0.5, 0.6) is 0 Å². The van der Waals surface area contributed by atoms with Gasteiger partial charge in [0.15, 0.2) is 0 Å². The highest BCUT2D eigenvalue weighted by Crippen LogP contribution is 2.13. The first kappa shape index (κ1) is 19.9. The first-order chi connectivity index (χ1) is 11.0. The number of hydrogen-bond donors (Lipinski definition) is 3. The van der Waals surface area contributed by atoms with Crippen LogP contribution in [0.1, 0.15) is 33.6 Å². The third-order valence-corrected chi connectivity index (χ3v) is 3.64. The molecule has 0 spiro atoms. The van der Waals surface area contributed by atoms with Crippen molar-refractivity contribution in [3.8, 4) is 0 Å². The Morgan fingerprint density at radius 3 is 2.25 bits per heavy atom. The van der Waals surface area contributed by atoms with Crippen molar-refractivity contribution >= 4 is 27.7 Å². The Bertz CT molecular complexity index is 678. The van der Waals surface area contributed by atoms with E-state index in [9.17, 15) is 18.0 Å². The molecule has 0 aliphatic heterocycles. The van der Waals surface area contributed by atoms with Gasteiger partial charge in [0.25, 0.3) is 0 Å². The van der Waals surface area contributed by atoms with E-state index < -0.39 is 21.7 Å². The summed E-state index contributed by atoms with van der Waals surface area (Å²) in [7, 11) is -3.75. The third kappa shape index (κ3) is 7.93. The maximum absolute atomic E-state index is 11.8. The van der Waals surface area contributed by atoms with Gasteiger partial charge in [-0.2, -0.15) is 0 Å². The van der Waals surface area contributed by atoms with Gasteiger partial charge in [0.1, 0.15) is 5.60 Å². The van der Waals surface area contributed by atoms with E-state index in [4.69, 9.17) is 9.88 Å². The highest BCUT2D eigenvalue weighted by Gasteiger charge is 2.15. The zero-order chi connectivity index (χ0) is 18.4. The Labute approximate surface area is 141 Å². The average molecular weight is 357 g/mol. The topological polar surface area (TPSA) is 128 Å². The summed E-state index contributed by atoms with van der Waals surface area (Å²) in [5.74, 6) is -0.246. The van der Waals surface area contributed by atoms with E-state index in [0.717, 1.165) is 0 Å². The number of amides is 2. The maximum atomic E-state index is 11.8. The number of benzene rings is 1. The van der Waals surface area contributed by atoms with E-state index in [1.165, 1.54) is 24.3 Å². The quantitative estimate of drug-likeness (QED) is 0.666. The SMILES string of the molecule is CC(C)(C)OC(=O)NCCCC(=O)Nc1ccc(S(N)(=O)=O)cc1. The fraction of sp³-hybridized carbons (Fsp3) is 0.467. The largest absolute Gasteiger partial charge is 0.444 e. The number of carbonyl (C=O) groups excluding carboxylic acids is 2. The van der Waals surface area contributed by atoms with Crippen LogP contribution in [0, 0.1) is 0 Å². The van der Waals surface area contributed by atoms with Crippen LogP contribution in [0.25, 0.3) is 0 Å². The number of nitrogens with one attached hydrogen (secondary N) is 2. The fourth-order valence-electron chi connectivity index (χ4n) is 1.71. The molecule has 24 heavy (non-hydrogen) atoms. The van der Waals surface area contributed by atoms with Gasteiger partial charge in [-0.1, -0.05) is 0 Å². The molecule has 0 bridgehead atoms. The smallest absolute Gasteiger partial charge is 0.407 e. The van der Waals surface area contributed by atoms with Crippen molar-refractivity contribution in [2.45, 2.75) is 44.1 Å². The zero-order valence-corrected chi connectivity index (χ0v) is 14.8. The molecule has 0 saturated heterocycles. The van der Waals surface area contributed by atoms with E-state index >= 15 is 0 Å². The normalized spacial score (nSPS) is 11.7. The molecule has 1 rings (SSSR count). The number of anilines is 1. The number of nitrogens with two attached hydrogens (primary N) is 1. The number of hydrogen-bond acceptors (Lipinski definition) is 5. The molecule has 0 aromatic heterocycles. The second-order valence-corrected chi connectivity index (χ2v) is 7.71. The summed E-state index contributed by atoms with van der Waals surface area (Å²) in [6.07, 6.45) is 0.120. The number of rotatable bonds is 6. The highest BCUT2D eigenvalue weighted by atomic mass is 32.2. The van der Waals surface area contributed by atoms with Crippen molar-refractivity contribution < 1.29 is 22.7 Å². The molecule has 0 saturated carbocycles. The number of sulfonamides is 1. The Morgan fingerprint density at radius 1 is 1.17 bits per heavy atom. The minimum absolute atomic E-state index is 0.0259. The maximum Gasteiger partial charge on any atom is 0.407 e. The summed E-state index contributed by atoms with van der Waals surface area (Å²) in [4.78, 5) is 23.2. The van der Waals surface area contributed by atoms with Gasteiger partial charge in [0.05, 0.1) is 4.90 Å². The van der Waals surface area contributed by atoms with E-state index in [1.807, 2.05) is 0 Å². The summed E-state index contributed by atoms with van der Waals surface area (Å²) >= 11 is 0. The molecule has 0 atom stereocenters. The minimum Gasteiger partial charge on any atom is -0.444 e.